The summed E-state index contributed by atoms with van der Waals surface area (Å²) in [7, 11) is 1.71. The summed E-state index contributed by atoms with van der Waals surface area (Å²) >= 11 is 6.19. The first kappa shape index (κ1) is 13.9. The maximum absolute atomic E-state index is 6.19. The number of methoxy groups -OCH3 is 1. The average molecular weight is 276 g/mol. The van der Waals surface area contributed by atoms with Crippen molar-refractivity contribution in [3.05, 3.63) is 64.2 Å². The van der Waals surface area contributed by atoms with Crippen molar-refractivity contribution in [2.24, 2.45) is 0 Å². The molecule has 0 amide bonds. The standard InChI is InChI=1S/C16H18ClNO/c1-12-6-7-16(15(17)8-12)18-10-13-4-3-5-14(9-13)11-19-2/h3-9,18H,10-11H2,1-2H3. The predicted molar refractivity (Wildman–Crippen MR) is 80.7 cm³/mol. The quantitative estimate of drug-likeness (QED) is 0.873. The van der Waals surface area contributed by atoms with Crippen molar-refractivity contribution in [2.75, 3.05) is 12.4 Å². The zero-order valence-corrected chi connectivity index (χ0v) is 12.0. The van der Waals surface area contributed by atoms with Crippen molar-refractivity contribution in [3.8, 4) is 0 Å². The van der Waals surface area contributed by atoms with Crippen LogP contribution >= 0.6 is 11.6 Å². The van der Waals surface area contributed by atoms with Crippen LogP contribution in [0, 0.1) is 6.92 Å². The van der Waals surface area contributed by atoms with Gasteiger partial charge in [0, 0.05) is 13.7 Å². The Morgan fingerprint density at radius 2 is 1.89 bits per heavy atom. The van der Waals surface area contributed by atoms with E-state index >= 15 is 0 Å². The third kappa shape index (κ3) is 3.98. The van der Waals surface area contributed by atoms with Crippen LogP contribution in [-0.4, -0.2) is 7.11 Å². The van der Waals surface area contributed by atoms with E-state index in [1.165, 1.54) is 11.1 Å². The molecule has 0 unspecified atom stereocenters. The van der Waals surface area contributed by atoms with Gasteiger partial charge in [-0.2, -0.15) is 0 Å². The second kappa shape index (κ2) is 6.60. The second-order valence-corrected chi connectivity index (χ2v) is 5.00. The third-order valence-electron chi connectivity index (χ3n) is 2.91. The Morgan fingerprint density at radius 1 is 1.11 bits per heavy atom. The number of hydrogen-bond donors (Lipinski definition) is 1. The Labute approximate surface area is 119 Å². The number of aryl methyl sites for hydroxylation is 1. The fourth-order valence-corrected chi connectivity index (χ4v) is 2.26. The molecule has 3 heteroatoms. The molecule has 0 aliphatic heterocycles. The minimum absolute atomic E-state index is 0.638. The molecule has 0 aromatic heterocycles. The van der Waals surface area contributed by atoms with Crippen LogP contribution in [0.25, 0.3) is 0 Å². The largest absolute Gasteiger partial charge is 0.380 e. The molecule has 0 saturated heterocycles. The van der Waals surface area contributed by atoms with E-state index in [2.05, 4.69) is 29.6 Å². The van der Waals surface area contributed by atoms with Gasteiger partial charge in [0.05, 0.1) is 17.3 Å². The first-order valence-electron chi connectivity index (χ1n) is 6.26. The highest BCUT2D eigenvalue weighted by Gasteiger charge is 2.01. The molecule has 0 heterocycles. The molecule has 0 spiro atoms. The van der Waals surface area contributed by atoms with E-state index in [9.17, 15) is 0 Å². The molecule has 19 heavy (non-hydrogen) atoms. The zero-order valence-electron chi connectivity index (χ0n) is 11.2. The Morgan fingerprint density at radius 3 is 2.63 bits per heavy atom. The molecule has 0 aliphatic carbocycles. The summed E-state index contributed by atoms with van der Waals surface area (Å²) in [5.41, 5.74) is 4.52. The molecule has 2 rings (SSSR count). The number of anilines is 1. The average Bonchev–Trinajstić information content (AvgIpc) is 2.38. The Hall–Kier alpha value is -1.51. The van der Waals surface area contributed by atoms with E-state index in [1.807, 2.05) is 25.1 Å². The molecule has 2 aromatic rings. The van der Waals surface area contributed by atoms with Gasteiger partial charge in [-0.25, -0.2) is 0 Å². The van der Waals surface area contributed by atoms with Crippen molar-refractivity contribution in [2.45, 2.75) is 20.1 Å². The fourth-order valence-electron chi connectivity index (χ4n) is 1.96. The van der Waals surface area contributed by atoms with Gasteiger partial charge in [-0.3, -0.25) is 0 Å². The normalized spacial score (nSPS) is 10.5. The molecule has 0 bridgehead atoms. The zero-order chi connectivity index (χ0) is 13.7. The highest BCUT2D eigenvalue weighted by molar-refractivity contribution is 6.33. The lowest BCUT2D eigenvalue weighted by Gasteiger charge is -2.10. The topological polar surface area (TPSA) is 21.3 Å². The van der Waals surface area contributed by atoms with Gasteiger partial charge in [0.2, 0.25) is 0 Å². The lowest BCUT2D eigenvalue weighted by Crippen LogP contribution is -2.01. The van der Waals surface area contributed by atoms with E-state index < -0.39 is 0 Å². The summed E-state index contributed by atoms with van der Waals surface area (Å²) in [6, 6.07) is 14.4. The van der Waals surface area contributed by atoms with Crippen molar-refractivity contribution in [1.29, 1.82) is 0 Å². The molecule has 0 saturated carbocycles. The number of rotatable bonds is 5. The highest BCUT2D eigenvalue weighted by atomic mass is 35.5. The maximum atomic E-state index is 6.19. The van der Waals surface area contributed by atoms with Gasteiger partial charge < -0.3 is 10.1 Å². The van der Waals surface area contributed by atoms with Gasteiger partial charge >= 0.3 is 0 Å². The van der Waals surface area contributed by atoms with Crippen LogP contribution in [-0.2, 0) is 17.9 Å². The number of benzene rings is 2. The number of hydrogen-bond acceptors (Lipinski definition) is 2. The number of nitrogens with one attached hydrogen (secondary N) is 1. The number of halogens is 1. The van der Waals surface area contributed by atoms with Crippen LogP contribution in [0.1, 0.15) is 16.7 Å². The highest BCUT2D eigenvalue weighted by Crippen LogP contribution is 2.23. The molecule has 2 aromatic carbocycles. The van der Waals surface area contributed by atoms with Crippen LogP contribution in [0.2, 0.25) is 5.02 Å². The van der Waals surface area contributed by atoms with Crippen LogP contribution in [0.5, 0.6) is 0 Å². The number of ether oxygens (including phenoxy) is 1. The Bertz CT molecular complexity index is 554. The minimum Gasteiger partial charge on any atom is -0.380 e. The predicted octanol–water partition coefficient (Wildman–Crippen LogP) is 4.41. The first-order chi connectivity index (χ1) is 9.19. The lowest BCUT2D eigenvalue weighted by atomic mass is 10.1. The van der Waals surface area contributed by atoms with E-state index in [-0.39, 0.29) is 0 Å². The van der Waals surface area contributed by atoms with Crippen LogP contribution in [0.4, 0.5) is 5.69 Å². The molecule has 0 atom stereocenters. The molecule has 100 valence electrons. The summed E-state index contributed by atoms with van der Waals surface area (Å²) in [5.74, 6) is 0. The van der Waals surface area contributed by atoms with E-state index in [4.69, 9.17) is 16.3 Å². The minimum atomic E-state index is 0.638. The van der Waals surface area contributed by atoms with E-state index in [1.54, 1.807) is 7.11 Å². The van der Waals surface area contributed by atoms with Crippen LogP contribution < -0.4 is 5.32 Å². The second-order valence-electron chi connectivity index (χ2n) is 4.59. The summed E-state index contributed by atoms with van der Waals surface area (Å²) in [6.07, 6.45) is 0. The third-order valence-corrected chi connectivity index (χ3v) is 3.22. The van der Waals surface area contributed by atoms with Crippen LogP contribution in [0.3, 0.4) is 0 Å². The molecule has 0 aliphatic rings. The SMILES string of the molecule is COCc1cccc(CNc2ccc(C)cc2Cl)c1. The summed E-state index contributed by atoms with van der Waals surface area (Å²) in [6.45, 7) is 3.42. The molecular formula is C16H18ClNO. The summed E-state index contributed by atoms with van der Waals surface area (Å²) < 4.78 is 5.14. The van der Waals surface area contributed by atoms with Crippen molar-refractivity contribution >= 4 is 17.3 Å². The maximum Gasteiger partial charge on any atom is 0.0713 e. The lowest BCUT2D eigenvalue weighted by molar-refractivity contribution is 0.185. The van der Waals surface area contributed by atoms with Crippen molar-refractivity contribution in [3.63, 3.8) is 0 Å². The summed E-state index contributed by atoms with van der Waals surface area (Å²) in [4.78, 5) is 0. The smallest absolute Gasteiger partial charge is 0.0713 e. The molecule has 1 N–H and O–H groups in total. The van der Waals surface area contributed by atoms with Gasteiger partial charge in [-0.1, -0.05) is 41.9 Å². The molecule has 0 radical (unpaired) electrons. The van der Waals surface area contributed by atoms with Crippen molar-refractivity contribution < 1.29 is 4.74 Å². The van der Waals surface area contributed by atoms with Crippen molar-refractivity contribution in [1.82, 2.24) is 0 Å². The fraction of sp³-hybridized carbons (Fsp3) is 0.250. The van der Waals surface area contributed by atoms with E-state index in [0.29, 0.717) is 6.61 Å². The van der Waals surface area contributed by atoms with Crippen LogP contribution in [0.15, 0.2) is 42.5 Å². The molecular weight excluding hydrogens is 258 g/mol. The van der Waals surface area contributed by atoms with Gasteiger partial charge in [0.1, 0.15) is 0 Å². The van der Waals surface area contributed by atoms with Gasteiger partial charge in [0.25, 0.3) is 0 Å². The first-order valence-corrected chi connectivity index (χ1v) is 6.63. The van der Waals surface area contributed by atoms with Gasteiger partial charge in [0.15, 0.2) is 0 Å². The molecule has 0 fully saturated rings. The summed E-state index contributed by atoms with van der Waals surface area (Å²) in [5, 5.41) is 4.11. The monoisotopic (exact) mass is 275 g/mol. The van der Waals surface area contributed by atoms with Gasteiger partial charge in [-0.05, 0) is 35.7 Å². The van der Waals surface area contributed by atoms with Gasteiger partial charge in [-0.15, -0.1) is 0 Å². The Balaban J connectivity index is 2.03. The van der Waals surface area contributed by atoms with E-state index in [0.717, 1.165) is 22.8 Å². The Kier molecular flexibility index (Phi) is 4.83. The molecule has 2 nitrogen and oxygen atoms in total.